The van der Waals surface area contributed by atoms with Crippen molar-refractivity contribution in [1.82, 2.24) is 0 Å². The highest BCUT2D eigenvalue weighted by molar-refractivity contribution is 6.03. The maximum absolute atomic E-state index is 13.6. The van der Waals surface area contributed by atoms with Gasteiger partial charge in [0.25, 0.3) is 0 Å². The van der Waals surface area contributed by atoms with Crippen LogP contribution in [-0.2, 0) is 9.47 Å². The van der Waals surface area contributed by atoms with Crippen LogP contribution < -0.4 is 9.80 Å². The Bertz CT molecular complexity index is 807. The lowest BCUT2D eigenvalue weighted by atomic mass is 9.95. The molecule has 0 bridgehead atoms. The van der Waals surface area contributed by atoms with E-state index in [0.717, 1.165) is 16.5 Å². The second-order valence-corrected chi connectivity index (χ2v) is 6.55. The summed E-state index contributed by atoms with van der Waals surface area (Å²) in [6, 6.07) is 9.03. The second-order valence-electron chi connectivity index (χ2n) is 6.55. The molecule has 2 aliphatic heterocycles. The average Bonchev–Trinajstić information content (AvgIpc) is 2.58. The van der Waals surface area contributed by atoms with Crippen LogP contribution in [0.2, 0.25) is 0 Å². The minimum absolute atomic E-state index is 0.135. The largest absolute Gasteiger partial charge is 0.419 e. The van der Waals surface area contributed by atoms with E-state index in [-0.39, 0.29) is 12.2 Å². The smallest absolute Gasteiger partial charge is 0.377 e. The Morgan fingerprint density at radius 1 is 1.12 bits per heavy atom. The van der Waals surface area contributed by atoms with Gasteiger partial charge in [0.1, 0.15) is 0 Å². The van der Waals surface area contributed by atoms with Crippen LogP contribution in [-0.4, -0.2) is 46.3 Å². The summed E-state index contributed by atoms with van der Waals surface area (Å²) >= 11 is 0. The number of halogens is 3. The average molecular weight is 352 g/mol. The Kier molecular flexibility index (Phi) is 3.81. The molecule has 134 valence electrons. The summed E-state index contributed by atoms with van der Waals surface area (Å²) in [5, 5.41) is 1.74. The van der Waals surface area contributed by atoms with Crippen LogP contribution in [0.5, 0.6) is 0 Å². The number of morpholine rings is 1. The summed E-state index contributed by atoms with van der Waals surface area (Å²) in [5.41, 5.74) is 1.76. The van der Waals surface area contributed by atoms with Gasteiger partial charge < -0.3 is 19.3 Å². The summed E-state index contributed by atoms with van der Waals surface area (Å²) in [7, 11) is 3.85. The molecular weight excluding hydrogens is 333 g/mol. The van der Waals surface area contributed by atoms with E-state index >= 15 is 0 Å². The van der Waals surface area contributed by atoms with Crippen LogP contribution in [0.1, 0.15) is 11.7 Å². The predicted octanol–water partition coefficient (Wildman–Crippen LogP) is 3.70. The molecule has 0 radical (unpaired) electrons. The van der Waals surface area contributed by atoms with Gasteiger partial charge in [-0.1, -0.05) is 24.3 Å². The highest BCUT2D eigenvalue weighted by Gasteiger charge is 2.49. The van der Waals surface area contributed by atoms with Crippen LogP contribution in [0.4, 0.5) is 24.5 Å². The zero-order chi connectivity index (χ0) is 17.8. The maximum atomic E-state index is 13.6. The maximum Gasteiger partial charge on any atom is 0.419 e. The molecule has 0 aliphatic carbocycles. The highest BCUT2D eigenvalue weighted by atomic mass is 19.4. The van der Waals surface area contributed by atoms with Crippen LogP contribution in [0, 0.1) is 0 Å². The summed E-state index contributed by atoms with van der Waals surface area (Å²) in [6.45, 7) is 1.11. The lowest BCUT2D eigenvalue weighted by Gasteiger charge is -2.45. The van der Waals surface area contributed by atoms with Gasteiger partial charge in [0, 0.05) is 42.7 Å². The molecule has 2 aromatic carbocycles. The molecule has 2 unspecified atom stereocenters. The molecule has 7 heteroatoms. The van der Waals surface area contributed by atoms with Crippen LogP contribution in [0.25, 0.3) is 10.8 Å². The van der Waals surface area contributed by atoms with Crippen molar-refractivity contribution in [2.24, 2.45) is 0 Å². The predicted molar refractivity (Wildman–Crippen MR) is 90.1 cm³/mol. The lowest BCUT2D eigenvalue weighted by Crippen LogP contribution is -2.52. The molecule has 0 N–H and O–H groups in total. The number of nitrogens with zero attached hydrogens (tertiary/aromatic N) is 2. The number of ether oxygens (including phenoxy) is 2. The monoisotopic (exact) mass is 352 g/mol. The van der Waals surface area contributed by atoms with Crippen molar-refractivity contribution in [3.05, 3.63) is 35.9 Å². The Balaban J connectivity index is 1.99. The Morgan fingerprint density at radius 2 is 1.92 bits per heavy atom. The molecule has 2 aliphatic rings. The van der Waals surface area contributed by atoms with Gasteiger partial charge in [-0.2, -0.15) is 13.2 Å². The van der Waals surface area contributed by atoms with Gasteiger partial charge in [-0.15, -0.1) is 0 Å². The van der Waals surface area contributed by atoms with E-state index in [1.807, 2.05) is 42.1 Å². The molecule has 2 heterocycles. The molecule has 25 heavy (non-hydrogen) atoms. The van der Waals surface area contributed by atoms with Crippen molar-refractivity contribution in [3.63, 3.8) is 0 Å². The van der Waals surface area contributed by atoms with Gasteiger partial charge in [0.2, 0.25) is 0 Å². The Labute approximate surface area is 143 Å². The first-order chi connectivity index (χ1) is 11.9. The van der Waals surface area contributed by atoms with E-state index in [4.69, 9.17) is 9.47 Å². The van der Waals surface area contributed by atoms with Crippen LogP contribution in [0.3, 0.4) is 0 Å². The van der Waals surface area contributed by atoms with Gasteiger partial charge in [0.05, 0.1) is 18.9 Å². The SMILES string of the molecule is CN(C)c1cccc2c3c(ccc12)C(C(F)(F)F)OC1COCCN31. The molecule has 0 amide bonds. The number of fused-ring (bicyclic) bond motifs is 5. The molecule has 1 fully saturated rings. The van der Waals surface area contributed by atoms with E-state index in [9.17, 15) is 13.2 Å². The molecule has 0 aromatic heterocycles. The molecule has 2 aromatic rings. The molecule has 2 atom stereocenters. The van der Waals surface area contributed by atoms with Gasteiger partial charge in [-0.05, 0) is 6.07 Å². The third kappa shape index (κ3) is 2.62. The minimum Gasteiger partial charge on any atom is -0.377 e. The fourth-order valence-corrected chi connectivity index (χ4v) is 3.70. The number of benzene rings is 2. The van der Waals surface area contributed by atoms with E-state index in [2.05, 4.69) is 0 Å². The molecule has 4 nitrogen and oxygen atoms in total. The molecular formula is C18H19F3N2O2. The van der Waals surface area contributed by atoms with Crippen molar-refractivity contribution in [2.45, 2.75) is 18.5 Å². The number of alkyl halides is 3. The first-order valence-electron chi connectivity index (χ1n) is 8.17. The Hall–Kier alpha value is -1.99. The van der Waals surface area contributed by atoms with Crippen molar-refractivity contribution >= 4 is 22.1 Å². The summed E-state index contributed by atoms with van der Waals surface area (Å²) in [5.74, 6) is 0. The fraction of sp³-hybridized carbons (Fsp3) is 0.444. The number of hydrogen-bond acceptors (Lipinski definition) is 4. The molecule has 1 saturated heterocycles. The minimum atomic E-state index is -4.47. The van der Waals surface area contributed by atoms with Crippen LogP contribution in [0.15, 0.2) is 30.3 Å². The highest BCUT2D eigenvalue weighted by Crippen LogP contribution is 2.49. The van der Waals surface area contributed by atoms with Gasteiger partial charge in [-0.25, -0.2) is 0 Å². The van der Waals surface area contributed by atoms with E-state index in [0.29, 0.717) is 18.8 Å². The number of rotatable bonds is 1. The standard InChI is InChI=1S/C18H19F3N2O2/c1-22(2)14-5-3-4-12-11(14)6-7-13-16(12)23-8-9-24-10-15(23)25-17(13)18(19,20)21/h3-7,15,17H,8-10H2,1-2H3. The van der Waals surface area contributed by atoms with E-state index < -0.39 is 18.5 Å². The number of hydrogen-bond donors (Lipinski definition) is 0. The second kappa shape index (κ2) is 5.78. The summed E-state index contributed by atoms with van der Waals surface area (Å²) < 4.78 is 51.5. The van der Waals surface area contributed by atoms with Crippen molar-refractivity contribution in [3.8, 4) is 0 Å². The lowest BCUT2D eigenvalue weighted by molar-refractivity contribution is -0.247. The third-order valence-electron chi connectivity index (χ3n) is 4.77. The topological polar surface area (TPSA) is 24.9 Å². The van der Waals surface area contributed by atoms with E-state index in [1.54, 1.807) is 12.1 Å². The van der Waals surface area contributed by atoms with Crippen molar-refractivity contribution in [1.29, 1.82) is 0 Å². The zero-order valence-electron chi connectivity index (χ0n) is 14.0. The summed E-state index contributed by atoms with van der Waals surface area (Å²) in [4.78, 5) is 3.87. The van der Waals surface area contributed by atoms with Crippen molar-refractivity contribution < 1.29 is 22.6 Å². The number of anilines is 2. The Morgan fingerprint density at radius 3 is 2.64 bits per heavy atom. The third-order valence-corrected chi connectivity index (χ3v) is 4.77. The first kappa shape index (κ1) is 16.5. The van der Waals surface area contributed by atoms with Gasteiger partial charge in [-0.3, -0.25) is 0 Å². The van der Waals surface area contributed by atoms with Gasteiger partial charge in [0.15, 0.2) is 12.3 Å². The normalized spacial score (nSPS) is 23.3. The zero-order valence-corrected chi connectivity index (χ0v) is 14.0. The van der Waals surface area contributed by atoms with Gasteiger partial charge >= 0.3 is 6.18 Å². The molecule has 0 spiro atoms. The van der Waals surface area contributed by atoms with Crippen LogP contribution >= 0.6 is 0 Å². The van der Waals surface area contributed by atoms with Crippen molar-refractivity contribution in [2.75, 3.05) is 43.7 Å². The fourth-order valence-electron chi connectivity index (χ4n) is 3.70. The molecule has 0 saturated carbocycles. The summed E-state index contributed by atoms with van der Waals surface area (Å²) in [6.07, 6.45) is -7.12. The molecule has 4 rings (SSSR count). The van der Waals surface area contributed by atoms with E-state index in [1.165, 1.54) is 0 Å². The quantitative estimate of drug-likeness (QED) is 0.781. The first-order valence-corrected chi connectivity index (χ1v) is 8.17.